The highest BCUT2D eigenvalue weighted by Crippen LogP contribution is 2.25. The maximum Gasteiger partial charge on any atom is 0.257 e. The van der Waals surface area contributed by atoms with Crippen molar-refractivity contribution in [2.45, 2.75) is 11.6 Å². The third kappa shape index (κ3) is 5.05. The van der Waals surface area contributed by atoms with Crippen LogP contribution in [0.2, 0.25) is 15.1 Å². The summed E-state index contributed by atoms with van der Waals surface area (Å²) in [6, 6.07) is 10.5. The molecule has 0 atom stereocenters. The van der Waals surface area contributed by atoms with Gasteiger partial charge in [-0.15, -0.1) is 0 Å². The number of thioether (sulfide) groups is 1. The van der Waals surface area contributed by atoms with E-state index in [1.165, 1.54) is 11.8 Å². The summed E-state index contributed by atoms with van der Waals surface area (Å²) in [4.78, 5) is 16.2. The van der Waals surface area contributed by atoms with Crippen LogP contribution in [0.25, 0.3) is 11.1 Å². The van der Waals surface area contributed by atoms with Crippen LogP contribution in [0, 0.1) is 0 Å². The lowest BCUT2D eigenvalue weighted by Gasteiger charge is -2.06. The Morgan fingerprint density at radius 2 is 1.88 bits per heavy atom. The van der Waals surface area contributed by atoms with Crippen molar-refractivity contribution < 1.29 is 9.21 Å². The number of carbonyl (C=O) groups is 1. The molecule has 1 amide bonds. The SMILES string of the molecule is O=C(CSc1nc2cc(Cl)ccc2o1)NCCc1ccc(Cl)cc1Cl. The topological polar surface area (TPSA) is 55.1 Å². The van der Waals surface area contributed by atoms with Crippen molar-refractivity contribution in [3.63, 3.8) is 0 Å². The van der Waals surface area contributed by atoms with Gasteiger partial charge in [-0.25, -0.2) is 4.98 Å². The number of hydrogen-bond donors (Lipinski definition) is 1. The van der Waals surface area contributed by atoms with Crippen molar-refractivity contribution in [1.82, 2.24) is 10.3 Å². The third-order valence-corrected chi connectivity index (χ3v) is 5.04. The third-order valence-electron chi connectivity index (χ3n) is 3.39. The van der Waals surface area contributed by atoms with Crippen LogP contribution < -0.4 is 5.32 Å². The molecule has 3 aromatic rings. The number of nitrogens with one attached hydrogen (secondary N) is 1. The van der Waals surface area contributed by atoms with Crippen LogP contribution >= 0.6 is 46.6 Å². The summed E-state index contributed by atoms with van der Waals surface area (Å²) in [7, 11) is 0. The van der Waals surface area contributed by atoms with Gasteiger partial charge in [-0.05, 0) is 42.3 Å². The van der Waals surface area contributed by atoms with Crippen LogP contribution in [-0.2, 0) is 11.2 Å². The molecule has 0 saturated heterocycles. The normalized spacial score (nSPS) is 11.0. The maximum atomic E-state index is 11.9. The van der Waals surface area contributed by atoms with Crippen LogP contribution in [0.1, 0.15) is 5.56 Å². The highest BCUT2D eigenvalue weighted by atomic mass is 35.5. The monoisotopic (exact) mass is 414 g/mol. The first kappa shape index (κ1) is 18.4. The van der Waals surface area contributed by atoms with Gasteiger partial charge in [0.2, 0.25) is 5.91 Å². The Bertz CT molecular complexity index is 914. The second-order valence-electron chi connectivity index (χ2n) is 5.22. The molecule has 25 heavy (non-hydrogen) atoms. The molecule has 0 fully saturated rings. The molecule has 0 aliphatic heterocycles. The van der Waals surface area contributed by atoms with Gasteiger partial charge < -0.3 is 9.73 Å². The molecule has 0 radical (unpaired) electrons. The van der Waals surface area contributed by atoms with Crippen molar-refractivity contribution >= 4 is 63.6 Å². The fourth-order valence-corrected chi connectivity index (χ4v) is 3.52. The summed E-state index contributed by atoms with van der Waals surface area (Å²) in [6.45, 7) is 0.490. The van der Waals surface area contributed by atoms with Crippen molar-refractivity contribution in [2.75, 3.05) is 12.3 Å². The average molecular weight is 416 g/mol. The Morgan fingerprint density at radius 3 is 2.68 bits per heavy atom. The number of carbonyl (C=O) groups excluding carboxylic acids is 1. The molecule has 0 saturated carbocycles. The molecular weight excluding hydrogens is 403 g/mol. The van der Waals surface area contributed by atoms with E-state index < -0.39 is 0 Å². The fourth-order valence-electron chi connectivity index (χ4n) is 2.18. The molecule has 130 valence electrons. The van der Waals surface area contributed by atoms with Crippen LogP contribution in [0.4, 0.5) is 0 Å². The number of fused-ring (bicyclic) bond motifs is 1. The molecule has 1 N–H and O–H groups in total. The zero-order valence-electron chi connectivity index (χ0n) is 12.9. The summed E-state index contributed by atoms with van der Waals surface area (Å²) in [6.07, 6.45) is 0.633. The second kappa shape index (κ2) is 8.32. The lowest BCUT2D eigenvalue weighted by molar-refractivity contribution is -0.118. The predicted molar refractivity (Wildman–Crippen MR) is 103 cm³/mol. The number of amides is 1. The standard InChI is InChI=1S/C17H13Cl3N2O2S/c18-11-2-1-10(13(20)7-11)5-6-21-16(23)9-25-17-22-14-8-12(19)3-4-15(14)24-17/h1-4,7-8H,5-6,9H2,(H,21,23). The molecule has 2 aromatic carbocycles. The van der Waals surface area contributed by atoms with Gasteiger partial charge in [0.25, 0.3) is 5.22 Å². The highest BCUT2D eigenvalue weighted by Gasteiger charge is 2.10. The van der Waals surface area contributed by atoms with Gasteiger partial charge in [0.05, 0.1) is 5.75 Å². The summed E-state index contributed by atoms with van der Waals surface area (Å²) in [5.41, 5.74) is 2.26. The average Bonchev–Trinajstić information content (AvgIpc) is 2.97. The van der Waals surface area contributed by atoms with Gasteiger partial charge in [-0.1, -0.05) is 52.6 Å². The van der Waals surface area contributed by atoms with Crippen LogP contribution in [0.5, 0.6) is 0 Å². The van der Waals surface area contributed by atoms with E-state index in [0.29, 0.717) is 44.4 Å². The summed E-state index contributed by atoms with van der Waals surface area (Å²) < 4.78 is 5.56. The zero-order valence-corrected chi connectivity index (χ0v) is 16.0. The largest absolute Gasteiger partial charge is 0.431 e. The molecule has 8 heteroatoms. The van der Waals surface area contributed by atoms with Gasteiger partial charge in [0, 0.05) is 21.6 Å². The summed E-state index contributed by atoms with van der Waals surface area (Å²) in [5.74, 6) is 0.116. The Balaban J connectivity index is 1.47. The first-order valence-corrected chi connectivity index (χ1v) is 9.53. The van der Waals surface area contributed by atoms with Gasteiger partial charge in [0.1, 0.15) is 5.52 Å². The second-order valence-corrected chi connectivity index (χ2v) is 7.42. The molecule has 1 heterocycles. The van der Waals surface area contributed by atoms with Crippen molar-refractivity contribution in [1.29, 1.82) is 0 Å². The number of aromatic nitrogens is 1. The van der Waals surface area contributed by atoms with E-state index in [1.54, 1.807) is 30.3 Å². The molecular formula is C17H13Cl3N2O2S. The number of nitrogens with zero attached hydrogens (tertiary/aromatic N) is 1. The lowest BCUT2D eigenvalue weighted by atomic mass is 10.1. The quantitative estimate of drug-likeness (QED) is 0.559. The first-order chi connectivity index (χ1) is 12.0. The van der Waals surface area contributed by atoms with Gasteiger partial charge >= 0.3 is 0 Å². The van der Waals surface area contributed by atoms with Crippen molar-refractivity contribution in [2.24, 2.45) is 0 Å². The maximum absolute atomic E-state index is 11.9. The van der Waals surface area contributed by atoms with Crippen molar-refractivity contribution in [3.8, 4) is 0 Å². The molecule has 0 aliphatic carbocycles. The summed E-state index contributed by atoms with van der Waals surface area (Å²) >= 11 is 19.1. The molecule has 0 bridgehead atoms. The van der Waals surface area contributed by atoms with E-state index in [0.717, 1.165) is 5.56 Å². The lowest BCUT2D eigenvalue weighted by Crippen LogP contribution is -2.27. The van der Waals surface area contributed by atoms with Crippen LogP contribution in [0.3, 0.4) is 0 Å². The fraction of sp³-hybridized carbons (Fsp3) is 0.176. The predicted octanol–water partition coefficient (Wildman–Crippen LogP) is 5.24. The Labute approximate surface area is 163 Å². The molecule has 4 nitrogen and oxygen atoms in total. The van der Waals surface area contributed by atoms with Gasteiger partial charge in [-0.3, -0.25) is 4.79 Å². The van der Waals surface area contributed by atoms with E-state index >= 15 is 0 Å². The number of hydrogen-bond acceptors (Lipinski definition) is 4. The minimum Gasteiger partial charge on any atom is -0.431 e. The molecule has 1 aromatic heterocycles. The Hall–Kier alpha value is -1.40. The van der Waals surface area contributed by atoms with E-state index in [1.807, 2.05) is 6.07 Å². The van der Waals surface area contributed by atoms with E-state index in [2.05, 4.69) is 10.3 Å². The van der Waals surface area contributed by atoms with E-state index in [9.17, 15) is 4.79 Å². The van der Waals surface area contributed by atoms with Crippen LogP contribution in [0.15, 0.2) is 46.0 Å². The smallest absolute Gasteiger partial charge is 0.257 e. The van der Waals surface area contributed by atoms with Gasteiger partial charge in [-0.2, -0.15) is 0 Å². The van der Waals surface area contributed by atoms with Crippen molar-refractivity contribution in [3.05, 3.63) is 57.0 Å². The van der Waals surface area contributed by atoms with Gasteiger partial charge in [0.15, 0.2) is 5.58 Å². The van der Waals surface area contributed by atoms with Crippen LogP contribution in [-0.4, -0.2) is 23.2 Å². The summed E-state index contributed by atoms with van der Waals surface area (Å²) in [5, 5.41) is 5.07. The zero-order chi connectivity index (χ0) is 17.8. The van der Waals surface area contributed by atoms with E-state index in [-0.39, 0.29) is 11.7 Å². The molecule has 0 unspecified atom stereocenters. The number of oxazole rings is 1. The highest BCUT2D eigenvalue weighted by molar-refractivity contribution is 7.99. The van der Waals surface area contributed by atoms with E-state index in [4.69, 9.17) is 39.2 Å². The first-order valence-electron chi connectivity index (χ1n) is 7.41. The molecule has 3 rings (SSSR count). The number of benzene rings is 2. The molecule has 0 aliphatic rings. The Morgan fingerprint density at radius 1 is 1.12 bits per heavy atom. The molecule has 0 spiro atoms. The number of rotatable bonds is 6. The minimum atomic E-state index is -0.102. The number of halogens is 3. The Kier molecular flexibility index (Phi) is 6.12. The minimum absolute atomic E-state index is 0.102.